The van der Waals surface area contributed by atoms with E-state index in [9.17, 15) is 29.9 Å². The third-order valence-electron chi connectivity index (χ3n) is 4.96. The highest BCUT2D eigenvalue weighted by molar-refractivity contribution is 9.10. The second-order valence-electron chi connectivity index (χ2n) is 6.96. The van der Waals surface area contributed by atoms with Crippen molar-refractivity contribution in [3.8, 4) is 39.9 Å². The summed E-state index contributed by atoms with van der Waals surface area (Å²) in [4.78, 5) is 1.31. The Hall–Kier alpha value is -3.91. The lowest BCUT2D eigenvalue weighted by Crippen LogP contribution is -2.10. The van der Waals surface area contributed by atoms with Gasteiger partial charge < -0.3 is 30.4 Å². The summed E-state index contributed by atoms with van der Waals surface area (Å²) in [5, 5.41) is 50.8. The van der Waals surface area contributed by atoms with Gasteiger partial charge >= 0.3 is 0 Å². The van der Waals surface area contributed by atoms with Crippen LogP contribution in [0.15, 0.2) is 77.3 Å². The molecular formula is C24H17BrFNO5. The molecule has 0 fully saturated rings. The number of aromatic hydroxyl groups is 5. The molecule has 0 amide bonds. The van der Waals surface area contributed by atoms with Crippen LogP contribution in [0.1, 0.15) is 0 Å². The zero-order valence-electron chi connectivity index (χ0n) is 16.4. The Morgan fingerprint density at radius 3 is 1.38 bits per heavy atom. The number of hydrogen-bond donors (Lipinski definition) is 5. The fourth-order valence-electron chi connectivity index (χ4n) is 3.33. The fraction of sp³-hybridized carbons (Fsp3) is 0. The third-order valence-corrected chi connectivity index (χ3v) is 5.49. The topological polar surface area (TPSA) is 104 Å². The molecule has 8 heteroatoms. The average molecular weight is 498 g/mol. The molecule has 0 saturated carbocycles. The summed E-state index contributed by atoms with van der Waals surface area (Å²) in [6.45, 7) is 0. The van der Waals surface area contributed by atoms with Crippen molar-refractivity contribution in [2.24, 2.45) is 0 Å². The molecule has 0 spiro atoms. The van der Waals surface area contributed by atoms with Crippen LogP contribution in [0.25, 0.3) is 11.1 Å². The predicted octanol–water partition coefficient (Wildman–Crippen LogP) is 6.25. The Bertz CT molecular complexity index is 1250. The normalized spacial score (nSPS) is 10.8. The van der Waals surface area contributed by atoms with Gasteiger partial charge in [-0.2, -0.15) is 0 Å². The first-order valence-electron chi connectivity index (χ1n) is 9.38. The molecule has 32 heavy (non-hydrogen) atoms. The molecule has 5 N–H and O–H groups in total. The van der Waals surface area contributed by atoms with Crippen molar-refractivity contribution in [2.75, 3.05) is 4.90 Å². The van der Waals surface area contributed by atoms with Crippen LogP contribution in [0, 0.1) is 5.82 Å². The van der Waals surface area contributed by atoms with Crippen molar-refractivity contribution in [1.29, 1.82) is 0 Å². The fourth-order valence-corrected chi connectivity index (χ4v) is 3.59. The highest BCUT2D eigenvalue weighted by atomic mass is 79.9. The van der Waals surface area contributed by atoms with Crippen molar-refractivity contribution in [1.82, 2.24) is 0 Å². The maximum atomic E-state index is 13.5. The van der Waals surface area contributed by atoms with Crippen LogP contribution in [0.4, 0.5) is 21.5 Å². The van der Waals surface area contributed by atoms with Gasteiger partial charge in [-0.3, -0.25) is 0 Å². The number of phenolic OH excluding ortho intramolecular Hbond substituents is 5. The molecule has 0 heterocycles. The predicted molar refractivity (Wildman–Crippen MR) is 123 cm³/mol. The lowest BCUT2D eigenvalue weighted by atomic mass is 10.0. The maximum Gasteiger partial charge on any atom is 0.208 e. The number of halogens is 2. The standard InChI is InChI=1S/C24H17BrFNO5/c25-15-5-1-13(2-6-15)14-3-9-17(10-4-14)27(18-11-7-16(26)8-12-18)19-20(28)22(30)24(32)23(31)21(19)29/h1-12,28-32H. The van der Waals surface area contributed by atoms with Crippen molar-refractivity contribution >= 4 is 33.0 Å². The SMILES string of the molecule is Oc1c(O)c(O)c(N(c2ccc(F)cc2)c2ccc(-c3ccc(Br)cc3)cc2)c(O)c1O. The minimum absolute atomic E-state index is 0.317. The van der Waals surface area contributed by atoms with E-state index in [1.807, 2.05) is 36.4 Å². The van der Waals surface area contributed by atoms with E-state index in [2.05, 4.69) is 15.9 Å². The van der Waals surface area contributed by atoms with Crippen molar-refractivity contribution in [3.05, 3.63) is 83.1 Å². The summed E-state index contributed by atoms with van der Waals surface area (Å²) in [6.07, 6.45) is 0. The van der Waals surface area contributed by atoms with E-state index in [-0.39, 0.29) is 5.69 Å². The minimum atomic E-state index is -1.06. The highest BCUT2D eigenvalue weighted by Crippen LogP contribution is 2.57. The molecule has 4 aromatic carbocycles. The number of phenols is 5. The molecule has 0 bridgehead atoms. The molecule has 0 atom stereocenters. The first kappa shape index (κ1) is 21.3. The quantitative estimate of drug-likeness (QED) is 0.168. The van der Waals surface area contributed by atoms with Gasteiger partial charge in [-0.05, 0) is 59.7 Å². The average Bonchev–Trinajstić information content (AvgIpc) is 2.81. The molecule has 0 aliphatic rings. The number of anilines is 3. The zero-order chi connectivity index (χ0) is 23.0. The molecule has 0 aliphatic heterocycles. The van der Waals surface area contributed by atoms with Crippen LogP contribution in [0.3, 0.4) is 0 Å². The van der Waals surface area contributed by atoms with Crippen LogP contribution in [-0.2, 0) is 0 Å². The van der Waals surface area contributed by atoms with Crippen LogP contribution in [-0.4, -0.2) is 25.5 Å². The van der Waals surface area contributed by atoms with Gasteiger partial charge in [0.1, 0.15) is 11.5 Å². The summed E-state index contributed by atoms with van der Waals surface area (Å²) in [7, 11) is 0. The summed E-state index contributed by atoms with van der Waals surface area (Å²) < 4.78 is 14.5. The molecule has 4 rings (SSSR count). The van der Waals surface area contributed by atoms with Gasteiger partial charge in [-0.15, -0.1) is 0 Å². The molecular weight excluding hydrogens is 481 g/mol. The molecule has 0 aromatic heterocycles. The molecule has 0 radical (unpaired) electrons. The summed E-state index contributed by atoms with van der Waals surface area (Å²) >= 11 is 3.40. The number of rotatable bonds is 4. The van der Waals surface area contributed by atoms with Crippen LogP contribution in [0.5, 0.6) is 28.7 Å². The van der Waals surface area contributed by atoms with Crippen LogP contribution < -0.4 is 4.90 Å². The van der Waals surface area contributed by atoms with E-state index in [0.717, 1.165) is 15.6 Å². The Balaban J connectivity index is 1.89. The van der Waals surface area contributed by atoms with E-state index in [4.69, 9.17) is 0 Å². The van der Waals surface area contributed by atoms with E-state index in [1.54, 1.807) is 12.1 Å². The van der Waals surface area contributed by atoms with Gasteiger partial charge in [0.25, 0.3) is 0 Å². The lowest BCUT2D eigenvalue weighted by Gasteiger charge is -2.27. The van der Waals surface area contributed by atoms with Gasteiger partial charge in [0.05, 0.1) is 0 Å². The summed E-state index contributed by atoms with van der Waals surface area (Å²) in [6, 6.07) is 19.9. The summed E-state index contributed by atoms with van der Waals surface area (Å²) in [5.41, 5.74) is 2.20. The van der Waals surface area contributed by atoms with Crippen molar-refractivity contribution in [2.45, 2.75) is 0 Å². The molecule has 6 nitrogen and oxygen atoms in total. The Labute approximate surface area is 190 Å². The second kappa shape index (κ2) is 8.32. The zero-order valence-corrected chi connectivity index (χ0v) is 18.0. The Morgan fingerprint density at radius 1 is 0.531 bits per heavy atom. The van der Waals surface area contributed by atoms with Gasteiger partial charge in [-0.25, -0.2) is 4.39 Å². The highest BCUT2D eigenvalue weighted by Gasteiger charge is 2.29. The van der Waals surface area contributed by atoms with E-state index in [0.29, 0.717) is 11.4 Å². The smallest absolute Gasteiger partial charge is 0.208 e. The number of benzene rings is 4. The monoisotopic (exact) mass is 497 g/mol. The van der Waals surface area contributed by atoms with Crippen molar-refractivity contribution in [3.63, 3.8) is 0 Å². The first-order valence-corrected chi connectivity index (χ1v) is 10.2. The molecule has 162 valence electrons. The van der Waals surface area contributed by atoms with Gasteiger partial charge in [0.2, 0.25) is 17.2 Å². The number of nitrogens with zero attached hydrogens (tertiary/aromatic N) is 1. The van der Waals surface area contributed by atoms with Gasteiger partial charge in [0, 0.05) is 15.8 Å². The van der Waals surface area contributed by atoms with E-state index in [1.165, 1.54) is 29.2 Å². The van der Waals surface area contributed by atoms with Gasteiger partial charge in [0.15, 0.2) is 11.5 Å². The summed E-state index contributed by atoms with van der Waals surface area (Å²) in [5.74, 6) is -5.29. The maximum absolute atomic E-state index is 13.5. The Morgan fingerprint density at radius 2 is 0.906 bits per heavy atom. The minimum Gasteiger partial charge on any atom is -0.503 e. The van der Waals surface area contributed by atoms with E-state index >= 15 is 0 Å². The Kier molecular flexibility index (Phi) is 5.54. The largest absolute Gasteiger partial charge is 0.503 e. The molecule has 0 saturated heterocycles. The molecule has 4 aromatic rings. The van der Waals surface area contributed by atoms with Gasteiger partial charge in [-0.1, -0.05) is 40.2 Å². The molecule has 0 unspecified atom stereocenters. The first-order chi connectivity index (χ1) is 15.3. The molecule has 0 aliphatic carbocycles. The lowest BCUT2D eigenvalue weighted by molar-refractivity contribution is 0.329. The third kappa shape index (κ3) is 3.76. The van der Waals surface area contributed by atoms with Crippen LogP contribution in [0.2, 0.25) is 0 Å². The van der Waals surface area contributed by atoms with Crippen molar-refractivity contribution < 1.29 is 29.9 Å². The number of hydrogen-bond acceptors (Lipinski definition) is 6. The van der Waals surface area contributed by atoms with Crippen LogP contribution >= 0.6 is 15.9 Å². The van der Waals surface area contributed by atoms with E-state index < -0.39 is 34.6 Å². The second-order valence-corrected chi connectivity index (χ2v) is 7.87.